The van der Waals surface area contributed by atoms with Crippen molar-refractivity contribution in [1.82, 2.24) is 0 Å². The zero-order valence-corrected chi connectivity index (χ0v) is 7.32. The van der Waals surface area contributed by atoms with Gasteiger partial charge in [-0.15, -0.1) is 0 Å². The maximum Gasteiger partial charge on any atom is 0.508 e. The van der Waals surface area contributed by atoms with Gasteiger partial charge in [0, 0.05) is 0 Å². The van der Waals surface area contributed by atoms with Gasteiger partial charge in [0.15, 0.2) is 6.10 Å². The molecular formula is C8H14O4. The second-order valence-electron chi connectivity index (χ2n) is 3.09. The Kier molecular flexibility index (Phi) is 2.92. The van der Waals surface area contributed by atoms with Crippen LogP contribution in [0.1, 0.15) is 20.3 Å². The first-order chi connectivity index (χ1) is 5.65. The van der Waals surface area contributed by atoms with Gasteiger partial charge in [-0.2, -0.15) is 0 Å². The molecule has 1 saturated heterocycles. The molecule has 12 heavy (non-hydrogen) atoms. The number of hydrogen-bond donors (Lipinski definition) is 1. The highest BCUT2D eigenvalue weighted by Gasteiger charge is 2.33. The first-order valence-electron chi connectivity index (χ1n) is 4.16. The third kappa shape index (κ3) is 1.88. The van der Waals surface area contributed by atoms with Crippen molar-refractivity contribution in [3.63, 3.8) is 0 Å². The van der Waals surface area contributed by atoms with Gasteiger partial charge < -0.3 is 14.6 Å². The van der Waals surface area contributed by atoms with Crippen LogP contribution in [0.4, 0.5) is 4.79 Å². The number of ether oxygens (including phenoxy) is 2. The van der Waals surface area contributed by atoms with Gasteiger partial charge in [0.2, 0.25) is 0 Å². The lowest BCUT2D eigenvalue weighted by Gasteiger charge is -2.20. The van der Waals surface area contributed by atoms with Crippen molar-refractivity contribution in [3.8, 4) is 0 Å². The summed E-state index contributed by atoms with van der Waals surface area (Å²) in [6.07, 6.45) is -0.911. The van der Waals surface area contributed by atoms with Crippen LogP contribution >= 0.6 is 0 Å². The molecular weight excluding hydrogens is 160 g/mol. The minimum absolute atomic E-state index is 0.129. The van der Waals surface area contributed by atoms with Crippen LogP contribution in [0.2, 0.25) is 0 Å². The van der Waals surface area contributed by atoms with E-state index in [1.165, 1.54) is 0 Å². The van der Waals surface area contributed by atoms with Crippen LogP contribution in [0, 0.1) is 5.92 Å². The summed E-state index contributed by atoms with van der Waals surface area (Å²) >= 11 is 0. The first kappa shape index (κ1) is 9.32. The Morgan fingerprint density at radius 2 is 2.42 bits per heavy atom. The van der Waals surface area contributed by atoms with Crippen LogP contribution in [0.25, 0.3) is 0 Å². The van der Waals surface area contributed by atoms with Crippen LogP contribution in [-0.4, -0.2) is 30.1 Å². The molecule has 0 radical (unpaired) electrons. The molecule has 4 heteroatoms. The minimum atomic E-state index is -0.678. The molecule has 1 N–H and O–H groups in total. The third-order valence-corrected chi connectivity index (χ3v) is 2.22. The second kappa shape index (κ2) is 3.76. The van der Waals surface area contributed by atoms with Crippen molar-refractivity contribution < 1.29 is 19.4 Å². The van der Waals surface area contributed by atoms with E-state index in [2.05, 4.69) is 4.74 Å². The Morgan fingerprint density at radius 3 is 2.83 bits per heavy atom. The summed E-state index contributed by atoms with van der Waals surface area (Å²) in [5, 5.41) is 9.58. The van der Waals surface area contributed by atoms with Gasteiger partial charge in [-0.25, -0.2) is 4.79 Å². The van der Waals surface area contributed by atoms with Crippen molar-refractivity contribution in [1.29, 1.82) is 0 Å². The number of carbonyl (C=O) groups is 1. The minimum Gasteiger partial charge on any atom is -0.430 e. The molecule has 1 aliphatic rings. The lowest BCUT2D eigenvalue weighted by Crippen LogP contribution is -2.33. The van der Waals surface area contributed by atoms with E-state index in [0.29, 0.717) is 0 Å². The van der Waals surface area contributed by atoms with Crippen LogP contribution in [0.15, 0.2) is 0 Å². The molecule has 1 fully saturated rings. The van der Waals surface area contributed by atoms with E-state index in [1.807, 2.05) is 13.8 Å². The largest absolute Gasteiger partial charge is 0.508 e. The van der Waals surface area contributed by atoms with Crippen molar-refractivity contribution in [2.75, 3.05) is 6.61 Å². The van der Waals surface area contributed by atoms with Gasteiger partial charge in [0.25, 0.3) is 0 Å². The SMILES string of the molecule is CCC(C)C(O)C1COC(=O)O1. The molecule has 0 aromatic carbocycles. The average Bonchev–Trinajstić information content (AvgIpc) is 2.49. The quantitative estimate of drug-likeness (QED) is 0.646. The number of aliphatic hydroxyl groups excluding tert-OH is 1. The van der Waals surface area contributed by atoms with Crippen molar-refractivity contribution in [3.05, 3.63) is 0 Å². The molecule has 0 saturated carbocycles. The van der Waals surface area contributed by atoms with Gasteiger partial charge in [-0.05, 0) is 5.92 Å². The molecule has 0 aromatic heterocycles. The zero-order valence-electron chi connectivity index (χ0n) is 7.32. The molecule has 1 heterocycles. The number of aliphatic hydroxyl groups is 1. The van der Waals surface area contributed by atoms with Crippen LogP contribution in [0.5, 0.6) is 0 Å². The highest BCUT2D eigenvalue weighted by molar-refractivity contribution is 5.61. The van der Waals surface area contributed by atoms with Crippen LogP contribution < -0.4 is 0 Å². The molecule has 70 valence electrons. The molecule has 3 atom stereocenters. The summed E-state index contributed by atoms with van der Waals surface area (Å²) in [6.45, 7) is 4.06. The summed E-state index contributed by atoms with van der Waals surface area (Å²) < 4.78 is 9.30. The number of carbonyl (C=O) groups excluding carboxylic acids is 1. The van der Waals surface area contributed by atoms with E-state index < -0.39 is 18.4 Å². The Balaban J connectivity index is 2.42. The molecule has 3 unspecified atom stereocenters. The molecule has 1 aliphatic heterocycles. The highest BCUT2D eigenvalue weighted by atomic mass is 16.8. The molecule has 0 aliphatic carbocycles. The summed E-state index contributed by atoms with van der Waals surface area (Å²) in [7, 11) is 0. The third-order valence-electron chi connectivity index (χ3n) is 2.22. The standard InChI is InChI=1S/C8H14O4/c1-3-5(2)7(9)6-4-11-8(10)12-6/h5-7,9H,3-4H2,1-2H3. The summed E-state index contributed by atoms with van der Waals surface area (Å²) in [5.74, 6) is 0.129. The van der Waals surface area contributed by atoms with Crippen LogP contribution in [0.3, 0.4) is 0 Å². The Bertz CT molecular complexity index is 168. The van der Waals surface area contributed by atoms with Crippen molar-refractivity contribution >= 4 is 6.16 Å². The molecule has 0 aromatic rings. The molecule has 1 rings (SSSR count). The van der Waals surface area contributed by atoms with Gasteiger partial charge in [-0.1, -0.05) is 20.3 Å². The maximum atomic E-state index is 10.5. The maximum absolute atomic E-state index is 10.5. The van der Waals surface area contributed by atoms with E-state index in [0.717, 1.165) is 6.42 Å². The fourth-order valence-corrected chi connectivity index (χ4v) is 1.12. The number of cyclic esters (lactones) is 2. The summed E-state index contributed by atoms with van der Waals surface area (Å²) in [4.78, 5) is 10.5. The molecule has 0 bridgehead atoms. The summed E-state index contributed by atoms with van der Waals surface area (Å²) in [5.41, 5.74) is 0. The monoisotopic (exact) mass is 174 g/mol. The number of hydrogen-bond acceptors (Lipinski definition) is 4. The fourth-order valence-electron chi connectivity index (χ4n) is 1.12. The zero-order chi connectivity index (χ0) is 9.14. The van der Waals surface area contributed by atoms with E-state index in [-0.39, 0.29) is 12.5 Å². The van der Waals surface area contributed by atoms with Gasteiger partial charge in [-0.3, -0.25) is 0 Å². The Morgan fingerprint density at radius 1 is 1.75 bits per heavy atom. The average molecular weight is 174 g/mol. The number of rotatable bonds is 3. The second-order valence-corrected chi connectivity index (χ2v) is 3.09. The lowest BCUT2D eigenvalue weighted by molar-refractivity contribution is 0.000368. The van der Waals surface area contributed by atoms with Crippen molar-refractivity contribution in [2.45, 2.75) is 32.5 Å². The van der Waals surface area contributed by atoms with Crippen LogP contribution in [-0.2, 0) is 9.47 Å². The normalized spacial score (nSPS) is 27.6. The Labute approximate surface area is 71.5 Å². The van der Waals surface area contributed by atoms with Gasteiger partial charge >= 0.3 is 6.16 Å². The predicted octanol–water partition coefficient (Wildman–Crippen LogP) is 0.929. The van der Waals surface area contributed by atoms with Crippen molar-refractivity contribution in [2.24, 2.45) is 5.92 Å². The lowest BCUT2D eigenvalue weighted by atomic mass is 9.98. The molecule has 0 spiro atoms. The van der Waals surface area contributed by atoms with E-state index >= 15 is 0 Å². The Hall–Kier alpha value is -0.770. The smallest absolute Gasteiger partial charge is 0.430 e. The van der Waals surface area contributed by atoms with E-state index in [1.54, 1.807) is 0 Å². The van der Waals surface area contributed by atoms with E-state index in [9.17, 15) is 9.90 Å². The first-order valence-corrected chi connectivity index (χ1v) is 4.16. The molecule has 4 nitrogen and oxygen atoms in total. The van der Waals surface area contributed by atoms with Gasteiger partial charge in [0.1, 0.15) is 6.61 Å². The predicted molar refractivity (Wildman–Crippen MR) is 41.7 cm³/mol. The molecule has 0 amide bonds. The highest BCUT2D eigenvalue weighted by Crippen LogP contribution is 2.18. The fraction of sp³-hybridized carbons (Fsp3) is 0.875. The topological polar surface area (TPSA) is 55.8 Å². The summed E-state index contributed by atoms with van der Waals surface area (Å²) in [6, 6.07) is 0. The van der Waals surface area contributed by atoms with Gasteiger partial charge in [0.05, 0.1) is 6.10 Å². The van der Waals surface area contributed by atoms with E-state index in [4.69, 9.17) is 4.74 Å².